The van der Waals surface area contributed by atoms with E-state index in [1.165, 1.54) is 0 Å². The average Bonchev–Trinajstić information content (AvgIpc) is 1.38. The van der Waals surface area contributed by atoms with Crippen LogP contribution < -0.4 is 17.7 Å². The highest BCUT2D eigenvalue weighted by Crippen LogP contribution is 1.21. The summed E-state index contributed by atoms with van der Waals surface area (Å²) in [6.07, 6.45) is 0. The van der Waals surface area contributed by atoms with Crippen LogP contribution in [0.1, 0.15) is 0 Å². The Morgan fingerprint density at radius 3 is 2.00 bits per heavy atom. The van der Waals surface area contributed by atoms with E-state index in [0.29, 0.717) is 0 Å². The summed E-state index contributed by atoms with van der Waals surface area (Å²) in [5, 5.41) is 15.2. The summed E-state index contributed by atoms with van der Waals surface area (Å²) >= 11 is 3.70. The number of hydrogen-bond acceptors (Lipinski definition) is 4. The van der Waals surface area contributed by atoms with Crippen molar-refractivity contribution < 1.29 is 22.9 Å². The first-order valence-electron chi connectivity index (χ1n) is 0.834. The molecule has 0 heterocycles. The van der Waals surface area contributed by atoms with Gasteiger partial charge in [-0.05, 0) is 0 Å². The van der Waals surface area contributed by atoms with Crippen LogP contribution in [0.3, 0.4) is 0 Å². The fraction of sp³-hybridized carbons (Fsp3) is 0. The third-order valence-electron chi connectivity index (χ3n) is 0.0781. The number of quaternary nitrogens is 1. The molecular weight excluding hydrogens is 128 g/mol. The van der Waals surface area contributed by atoms with Crippen molar-refractivity contribution in [2.45, 2.75) is 0 Å². The lowest BCUT2D eigenvalue weighted by atomic mass is 12.7. The monoisotopic (exact) mass is 129 g/mol. The minimum atomic E-state index is -1.31. The van der Waals surface area contributed by atoms with E-state index in [1.54, 1.807) is 0 Å². The summed E-state index contributed by atoms with van der Waals surface area (Å²) in [7, 11) is 0. The first-order chi connectivity index (χ1) is 2.27. The summed E-state index contributed by atoms with van der Waals surface area (Å²) in [6.45, 7) is 0. The zero-order chi connectivity index (χ0) is 4.28. The molecule has 0 bridgehead atoms. The van der Waals surface area contributed by atoms with Crippen LogP contribution in [0.25, 0.3) is 0 Å². The van der Waals surface area contributed by atoms with Crippen molar-refractivity contribution in [2.75, 3.05) is 0 Å². The van der Waals surface area contributed by atoms with Crippen LogP contribution in [-0.2, 0) is 12.4 Å². The summed E-state index contributed by atoms with van der Waals surface area (Å²) in [5.41, 5.74) is 0. The van der Waals surface area contributed by atoms with Gasteiger partial charge in [-0.15, -0.1) is 0 Å². The van der Waals surface area contributed by atoms with E-state index < -0.39 is 5.34 Å². The maximum Gasteiger partial charge on any atom is 0.106 e. The van der Waals surface area contributed by atoms with Crippen LogP contribution in [-0.4, -0.2) is 5.21 Å². The summed E-state index contributed by atoms with van der Waals surface area (Å²) in [5.74, 6) is 0. The van der Waals surface area contributed by atoms with Gasteiger partial charge in [0, 0.05) is 4.47 Å². The van der Waals surface area contributed by atoms with Gasteiger partial charge >= 0.3 is 0 Å². The molecule has 38 valence electrons. The van der Waals surface area contributed by atoms with Crippen molar-refractivity contribution in [1.82, 2.24) is 0 Å². The van der Waals surface area contributed by atoms with Crippen molar-refractivity contribution in [2.24, 2.45) is 4.47 Å². The smallest absolute Gasteiger partial charge is 0.106 e. The van der Waals surface area contributed by atoms with E-state index >= 15 is 0 Å². The van der Waals surface area contributed by atoms with E-state index in [9.17, 15) is 0 Å². The standard InChI is InChI=1S/ClH.H2N2O2S/c;3-2(4)1-5/h1H;2-3H/p-1. The Labute approximate surface area is 45.8 Å². The van der Waals surface area contributed by atoms with Gasteiger partial charge in [-0.3, -0.25) is 0 Å². The highest BCUT2D eigenvalue weighted by atomic mass is 35.5. The maximum absolute atomic E-state index is 9.10. The van der Waals surface area contributed by atoms with Crippen LogP contribution >= 0.6 is 0 Å². The van der Waals surface area contributed by atoms with Gasteiger partial charge in [0.25, 0.3) is 0 Å². The molecule has 0 aromatic rings. The molecule has 0 saturated carbocycles. The number of nitrogens with one attached hydrogen (secondary N) is 1. The normalized spacial score (nSPS) is 11.7. The Morgan fingerprint density at radius 1 is 1.83 bits per heavy atom. The SMILES string of the molecule is [Cl-].[O-][NH+](O)N=S. The molecule has 0 amide bonds. The van der Waals surface area contributed by atoms with Crippen LogP contribution in [0.5, 0.6) is 0 Å². The molecule has 0 aromatic heterocycles. The molecule has 0 rings (SSSR count). The van der Waals surface area contributed by atoms with Crippen LogP contribution in [0.4, 0.5) is 0 Å². The third kappa shape index (κ3) is 8.89. The third-order valence-corrected chi connectivity index (χ3v) is 0.234. The molecule has 6 heteroatoms. The Morgan fingerprint density at radius 2 is 2.00 bits per heavy atom. The van der Waals surface area contributed by atoms with Gasteiger partial charge in [0.05, 0.1) is 0 Å². The molecule has 0 spiro atoms. The molecule has 6 heavy (non-hydrogen) atoms. The first kappa shape index (κ1) is 9.50. The number of hydrogen-bond donors (Lipinski definition) is 2. The average molecular weight is 130 g/mol. The second-order valence-corrected chi connectivity index (χ2v) is 0.556. The zero-order valence-corrected chi connectivity index (χ0v) is 4.16. The maximum atomic E-state index is 9.10. The quantitative estimate of drug-likeness (QED) is 0.351. The van der Waals surface area contributed by atoms with Crippen LogP contribution in [0, 0.1) is 5.21 Å². The first-order valence-corrected chi connectivity index (χ1v) is 1.20. The molecule has 0 saturated heterocycles. The second kappa shape index (κ2) is 5.19. The number of nitrogens with zero attached hydrogens (tertiary/aromatic N) is 1. The lowest BCUT2D eigenvalue weighted by Gasteiger charge is -1.95. The highest BCUT2D eigenvalue weighted by molar-refractivity contribution is 7.47. The summed E-state index contributed by atoms with van der Waals surface area (Å²) in [6, 6.07) is 0. The number of halogens is 1. The molecule has 0 aliphatic heterocycles. The zero-order valence-electron chi connectivity index (χ0n) is 2.59. The van der Waals surface area contributed by atoms with Gasteiger partial charge in [-0.1, -0.05) is 5.34 Å². The Balaban J connectivity index is 0. The predicted molar refractivity (Wildman–Crippen MR) is 15.9 cm³/mol. The van der Waals surface area contributed by atoms with Gasteiger partial charge in [-0.2, -0.15) is 5.21 Å². The molecule has 0 aromatic carbocycles. The van der Waals surface area contributed by atoms with Gasteiger partial charge in [0.2, 0.25) is 0 Å². The minimum absolute atomic E-state index is 0. The molecule has 0 aliphatic rings. The topological polar surface area (TPSA) is 60.1 Å². The highest BCUT2D eigenvalue weighted by Gasteiger charge is 1.66. The molecule has 0 radical (unpaired) electrons. The van der Waals surface area contributed by atoms with E-state index in [4.69, 9.17) is 10.4 Å². The van der Waals surface area contributed by atoms with Gasteiger partial charge in [0.1, 0.15) is 12.4 Å². The van der Waals surface area contributed by atoms with Crippen molar-refractivity contribution >= 4 is 12.4 Å². The lowest BCUT2D eigenvalue weighted by molar-refractivity contribution is -1.05. The van der Waals surface area contributed by atoms with E-state index in [2.05, 4.69) is 16.9 Å². The van der Waals surface area contributed by atoms with Crippen molar-refractivity contribution in [3.63, 3.8) is 0 Å². The minimum Gasteiger partial charge on any atom is -1.00 e. The van der Waals surface area contributed by atoms with Gasteiger partial charge < -0.3 is 17.6 Å². The van der Waals surface area contributed by atoms with Crippen LogP contribution in [0.15, 0.2) is 4.47 Å². The molecule has 4 nitrogen and oxygen atoms in total. The summed E-state index contributed by atoms with van der Waals surface area (Å²) in [4.78, 5) is 0. The van der Waals surface area contributed by atoms with E-state index in [1.807, 2.05) is 0 Å². The van der Waals surface area contributed by atoms with E-state index in [-0.39, 0.29) is 12.4 Å². The second-order valence-electron chi connectivity index (χ2n) is 0.374. The lowest BCUT2D eigenvalue weighted by Crippen LogP contribution is -3.00. The van der Waals surface area contributed by atoms with Crippen molar-refractivity contribution in [3.8, 4) is 0 Å². The van der Waals surface area contributed by atoms with Crippen molar-refractivity contribution in [1.29, 1.82) is 0 Å². The fourth-order valence-corrected chi connectivity index (χ4v) is 0. The molecule has 0 aliphatic carbocycles. The predicted octanol–water partition coefficient (Wildman–Crippen LogP) is -4.59. The molecular formula is H2ClN2O2S-. The van der Waals surface area contributed by atoms with Gasteiger partial charge in [0.15, 0.2) is 0 Å². The largest absolute Gasteiger partial charge is 1.00 e. The molecule has 1 atom stereocenters. The van der Waals surface area contributed by atoms with Gasteiger partial charge in [-0.25, -0.2) is 0 Å². The van der Waals surface area contributed by atoms with Crippen molar-refractivity contribution in [3.05, 3.63) is 5.21 Å². The molecule has 1 unspecified atom stereocenters. The summed E-state index contributed by atoms with van der Waals surface area (Å²) < 4.78 is 2.39. The Kier molecular flexibility index (Phi) is 8.22. The molecule has 2 N–H and O–H groups in total. The molecule has 0 fully saturated rings. The van der Waals surface area contributed by atoms with E-state index in [0.717, 1.165) is 0 Å². The van der Waals surface area contributed by atoms with Crippen LogP contribution in [0.2, 0.25) is 0 Å². The Hall–Kier alpha value is 0.190. The number of rotatable bonds is 1. The fourth-order valence-electron chi connectivity index (χ4n) is 0. The Bertz CT molecular complexity index is 38.5.